The minimum absolute atomic E-state index is 0.159. The molecule has 0 aromatic heterocycles. The number of guanidine groups is 1. The Morgan fingerprint density at radius 1 is 1.38 bits per heavy atom. The summed E-state index contributed by atoms with van der Waals surface area (Å²) in [4.78, 5) is 4.17. The molecule has 0 amide bonds. The third-order valence-corrected chi connectivity index (χ3v) is 5.06. The van der Waals surface area contributed by atoms with E-state index in [9.17, 15) is 8.42 Å². The highest BCUT2D eigenvalue weighted by molar-refractivity contribution is 7.90. The molecule has 8 heteroatoms. The van der Waals surface area contributed by atoms with Gasteiger partial charge >= 0.3 is 0 Å². The van der Waals surface area contributed by atoms with Crippen molar-refractivity contribution in [1.29, 1.82) is 0 Å². The van der Waals surface area contributed by atoms with E-state index in [0.29, 0.717) is 32.1 Å². The van der Waals surface area contributed by atoms with E-state index < -0.39 is 9.84 Å². The van der Waals surface area contributed by atoms with E-state index in [4.69, 9.17) is 9.47 Å². The molecule has 0 saturated heterocycles. The zero-order valence-electron chi connectivity index (χ0n) is 16.0. The molecule has 0 spiro atoms. The van der Waals surface area contributed by atoms with Crippen molar-refractivity contribution in [2.24, 2.45) is 4.99 Å². The van der Waals surface area contributed by atoms with Crippen LogP contribution in [0.25, 0.3) is 0 Å². The largest absolute Gasteiger partial charge is 0.494 e. The molecule has 1 aromatic carbocycles. The minimum atomic E-state index is -2.94. The Morgan fingerprint density at radius 3 is 2.81 bits per heavy atom. The van der Waals surface area contributed by atoms with E-state index in [2.05, 4.69) is 28.6 Å². The van der Waals surface area contributed by atoms with Crippen molar-refractivity contribution in [2.75, 3.05) is 32.2 Å². The lowest BCUT2D eigenvalue weighted by Gasteiger charge is -2.15. The van der Waals surface area contributed by atoms with Gasteiger partial charge in [0.2, 0.25) is 0 Å². The van der Waals surface area contributed by atoms with Crippen molar-refractivity contribution in [3.8, 4) is 11.5 Å². The first-order valence-electron chi connectivity index (χ1n) is 8.90. The molecule has 2 rings (SSSR count). The Kier molecular flexibility index (Phi) is 7.14. The van der Waals surface area contributed by atoms with E-state index in [0.717, 1.165) is 23.5 Å². The number of hydrogen-bond acceptors (Lipinski definition) is 5. The Hall–Kier alpha value is -1.96. The number of ether oxygens (including phenoxy) is 2. The van der Waals surface area contributed by atoms with Crippen LogP contribution in [-0.4, -0.2) is 52.7 Å². The fraction of sp³-hybridized carbons (Fsp3) is 0.611. The van der Waals surface area contributed by atoms with Crippen molar-refractivity contribution >= 4 is 15.8 Å². The van der Waals surface area contributed by atoms with E-state index in [1.807, 2.05) is 13.0 Å². The van der Waals surface area contributed by atoms with Crippen molar-refractivity contribution < 1.29 is 17.9 Å². The fourth-order valence-corrected chi connectivity index (χ4v) is 3.52. The number of benzene rings is 1. The van der Waals surface area contributed by atoms with Gasteiger partial charge in [0.25, 0.3) is 0 Å². The standard InChI is InChI=1S/C18H29N3O4S/c1-5-24-16-10-14-9-13(2)25-17(14)11-15(16)12-21-18(19-3)20-7-6-8-26(4,22)23/h10-11,13H,5-9,12H2,1-4H3,(H2,19,20,21). The Labute approximate surface area is 156 Å². The van der Waals surface area contributed by atoms with Gasteiger partial charge < -0.3 is 20.1 Å². The number of nitrogens with one attached hydrogen (secondary N) is 2. The van der Waals surface area contributed by atoms with Crippen molar-refractivity contribution in [3.63, 3.8) is 0 Å². The van der Waals surface area contributed by atoms with Crippen molar-refractivity contribution in [2.45, 2.75) is 39.3 Å². The smallest absolute Gasteiger partial charge is 0.191 e. The number of rotatable bonds is 8. The molecule has 0 saturated carbocycles. The quantitative estimate of drug-likeness (QED) is 0.402. The third kappa shape index (κ3) is 6.09. The molecule has 1 aromatic rings. The average Bonchev–Trinajstić information content (AvgIpc) is 2.92. The summed E-state index contributed by atoms with van der Waals surface area (Å²) in [6.45, 7) is 5.69. The zero-order chi connectivity index (χ0) is 19.2. The maximum Gasteiger partial charge on any atom is 0.191 e. The molecular weight excluding hydrogens is 354 g/mol. The maximum atomic E-state index is 11.2. The van der Waals surface area contributed by atoms with Gasteiger partial charge in [-0.1, -0.05) is 0 Å². The van der Waals surface area contributed by atoms with E-state index in [-0.39, 0.29) is 11.9 Å². The minimum Gasteiger partial charge on any atom is -0.494 e. The summed E-state index contributed by atoms with van der Waals surface area (Å²) in [5.74, 6) is 2.54. The van der Waals surface area contributed by atoms with Crippen LogP contribution in [0.4, 0.5) is 0 Å². The van der Waals surface area contributed by atoms with Crippen LogP contribution < -0.4 is 20.1 Å². The van der Waals surface area contributed by atoms with Crippen LogP contribution in [0, 0.1) is 0 Å². The Bertz CT molecular complexity index is 747. The molecule has 1 unspecified atom stereocenters. The van der Waals surface area contributed by atoms with Gasteiger partial charge in [0, 0.05) is 43.9 Å². The summed E-state index contributed by atoms with van der Waals surface area (Å²) < 4.78 is 34.0. The number of sulfone groups is 1. The van der Waals surface area contributed by atoms with E-state index in [1.54, 1.807) is 7.05 Å². The summed E-state index contributed by atoms with van der Waals surface area (Å²) in [6.07, 6.45) is 2.86. The van der Waals surface area contributed by atoms with Crippen LogP contribution in [0.1, 0.15) is 31.4 Å². The number of fused-ring (bicyclic) bond motifs is 1. The zero-order valence-corrected chi connectivity index (χ0v) is 16.8. The van der Waals surface area contributed by atoms with E-state index >= 15 is 0 Å². The summed E-state index contributed by atoms with van der Waals surface area (Å²) in [6, 6.07) is 4.08. The van der Waals surface area contributed by atoms with Crippen LogP contribution in [0.3, 0.4) is 0 Å². The van der Waals surface area contributed by atoms with Gasteiger partial charge in [0.1, 0.15) is 27.4 Å². The molecule has 1 aliphatic heterocycles. The van der Waals surface area contributed by atoms with Crippen molar-refractivity contribution in [1.82, 2.24) is 10.6 Å². The lowest BCUT2D eigenvalue weighted by molar-refractivity contribution is 0.254. The second kappa shape index (κ2) is 9.12. The highest BCUT2D eigenvalue weighted by Crippen LogP contribution is 2.35. The fourth-order valence-electron chi connectivity index (χ4n) is 2.85. The second-order valence-electron chi connectivity index (χ2n) is 6.47. The molecule has 2 N–H and O–H groups in total. The predicted molar refractivity (Wildman–Crippen MR) is 104 cm³/mol. The molecule has 1 heterocycles. The SMILES string of the molecule is CCOc1cc2c(cc1CNC(=NC)NCCCS(C)(=O)=O)OC(C)C2. The molecule has 0 bridgehead atoms. The molecule has 0 radical (unpaired) electrons. The normalized spacial score (nSPS) is 16.8. The third-order valence-electron chi connectivity index (χ3n) is 4.03. The first-order valence-corrected chi connectivity index (χ1v) is 11.0. The molecule has 0 aliphatic carbocycles. The first kappa shape index (κ1) is 20.4. The average molecular weight is 384 g/mol. The van der Waals surface area contributed by atoms with Gasteiger partial charge in [0.05, 0.1) is 12.4 Å². The monoisotopic (exact) mass is 383 g/mol. The first-order chi connectivity index (χ1) is 12.3. The summed E-state index contributed by atoms with van der Waals surface area (Å²) >= 11 is 0. The van der Waals surface area contributed by atoms with E-state index in [1.165, 1.54) is 11.8 Å². The second-order valence-corrected chi connectivity index (χ2v) is 8.73. The highest BCUT2D eigenvalue weighted by Gasteiger charge is 2.21. The van der Waals surface area contributed by atoms with Crippen LogP contribution in [0.15, 0.2) is 17.1 Å². The van der Waals surface area contributed by atoms with Gasteiger partial charge in [-0.05, 0) is 32.4 Å². The van der Waals surface area contributed by atoms with Gasteiger partial charge in [-0.25, -0.2) is 8.42 Å². The van der Waals surface area contributed by atoms with Gasteiger partial charge in [-0.15, -0.1) is 0 Å². The molecule has 7 nitrogen and oxygen atoms in total. The number of aliphatic imine (C=N–C) groups is 1. The van der Waals surface area contributed by atoms with Crippen LogP contribution in [-0.2, 0) is 22.8 Å². The Morgan fingerprint density at radius 2 is 2.15 bits per heavy atom. The van der Waals surface area contributed by atoms with Crippen LogP contribution in [0.2, 0.25) is 0 Å². The van der Waals surface area contributed by atoms with Gasteiger partial charge in [-0.2, -0.15) is 0 Å². The summed E-state index contributed by atoms with van der Waals surface area (Å²) in [5.41, 5.74) is 2.17. The van der Waals surface area contributed by atoms with Crippen molar-refractivity contribution in [3.05, 3.63) is 23.3 Å². The molecule has 26 heavy (non-hydrogen) atoms. The lowest BCUT2D eigenvalue weighted by atomic mass is 10.1. The van der Waals surface area contributed by atoms with Gasteiger partial charge in [0.15, 0.2) is 5.96 Å². The predicted octanol–water partition coefficient (Wildman–Crippen LogP) is 1.51. The highest BCUT2D eigenvalue weighted by atomic mass is 32.2. The summed E-state index contributed by atoms with van der Waals surface area (Å²) in [5, 5.41) is 6.36. The van der Waals surface area contributed by atoms with Crippen LogP contribution in [0.5, 0.6) is 11.5 Å². The Balaban J connectivity index is 1.95. The molecular formula is C18H29N3O4S. The maximum absolute atomic E-state index is 11.2. The summed E-state index contributed by atoms with van der Waals surface area (Å²) in [7, 11) is -1.25. The molecule has 146 valence electrons. The topological polar surface area (TPSA) is 89.0 Å². The molecule has 1 atom stereocenters. The molecule has 0 fully saturated rings. The van der Waals surface area contributed by atoms with Crippen LogP contribution >= 0.6 is 0 Å². The number of hydrogen-bond donors (Lipinski definition) is 2. The lowest BCUT2D eigenvalue weighted by Crippen LogP contribution is -2.37. The number of nitrogens with zero attached hydrogens (tertiary/aromatic N) is 1. The molecule has 1 aliphatic rings. The van der Waals surface area contributed by atoms with Gasteiger partial charge in [-0.3, -0.25) is 4.99 Å².